The number of aromatic nitrogens is 2. The van der Waals surface area contributed by atoms with Crippen molar-refractivity contribution in [2.75, 3.05) is 43.0 Å². The molecule has 96 valence electrons. The van der Waals surface area contributed by atoms with Crippen molar-refractivity contribution in [1.82, 2.24) is 14.3 Å². The van der Waals surface area contributed by atoms with E-state index < -0.39 is 0 Å². The number of piperazine rings is 1. The Labute approximate surface area is 115 Å². The summed E-state index contributed by atoms with van der Waals surface area (Å²) in [6.07, 6.45) is 2.12. The first-order chi connectivity index (χ1) is 8.33. The van der Waals surface area contributed by atoms with Crippen LogP contribution in [-0.4, -0.2) is 52.3 Å². The molecule has 1 aromatic heterocycles. The van der Waals surface area contributed by atoms with E-state index in [9.17, 15) is 0 Å². The summed E-state index contributed by atoms with van der Waals surface area (Å²) in [7, 11) is 0. The van der Waals surface area contributed by atoms with Gasteiger partial charge < -0.3 is 4.90 Å². The minimum Gasteiger partial charge on any atom is -0.344 e. The first-order valence-corrected chi connectivity index (χ1v) is 8.09. The van der Waals surface area contributed by atoms with Gasteiger partial charge in [-0.3, -0.25) is 4.90 Å². The van der Waals surface area contributed by atoms with Gasteiger partial charge >= 0.3 is 0 Å². The first-order valence-electron chi connectivity index (χ1n) is 6.19. The van der Waals surface area contributed by atoms with Gasteiger partial charge in [0.2, 0.25) is 5.13 Å². The highest BCUT2D eigenvalue weighted by atomic mass is 79.9. The number of alkyl halides is 1. The molecular formula is C11H19BrN4S. The molecule has 0 radical (unpaired) electrons. The summed E-state index contributed by atoms with van der Waals surface area (Å²) in [6.45, 7) is 7.73. The standard InChI is InChI=1S/C11H19BrN4S/c1-2-3-10-13-11(17-14-10)16-8-6-15(5-4-12)7-9-16/h2-9H2,1H3. The molecule has 0 spiro atoms. The van der Waals surface area contributed by atoms with Crippen LogP contribution in [-0.2, 0) is 6.42 Å². The number of anilines is 1. The Bertz CT molecular complexity index is 336. The van der Waals surface area contributed by atoms with Crippen LogP contribution in [0.25, 0.3) is 0 Å². The number of nitrogens with zero attached hydrogens (tertiary/aromatic N) is 4. The van der Waals surface area contributed by atoms with Crippen molar-refractivity contribution in [1.29, 1.82) is 0 Å². The lowest BCUT2D eigenvalue weighted by atomic mass is 10.3. The Morgan fingerprint density at radius 2 is 2.06 bits per heavy atom. The molecule has 0 atom stereocenters. The molecule has 1 aliphatic heterocycles. The molecule has 1 fully saturated rings. The largest absolute Gasteiger partial charge is 0.344 e. The van der Waals surface area contributed by atoms with Gasteiger partial charge in [-0.1, -0.05) is 22.9 Å². The minimum absolute atomic E-state index is 1.00. The van der Waals surface area contributed by atoms with Crippen molar-refractivity contribution in [2.45, 2.75) is 19.8 Å². The maximum atomic E-state index is 4.60. The van der Waals surface area contributed by atoms with Crippen LogP contribution in [0.1, 0.15) is 19.2 Å². The van der Waals surface area contributed by atoms with E-state index in [4.69, 9.17) is 0 Å². The van der Waals surface area contributed by atoms with Crippen LogP contribution in [0.5, 0.6) is 0 Å². The topological polar surface area (TPSA) is 32.3 Å². The number of hydrogen-bond acceptors (Lipinski definition) is 5. The highest BCUT2D eigenvalue weighted by Gasteiger charge is 2.19. The van der Waals surface area contributed by atoms with Gasteiger partial charge in [0.25, 0.3) is 0 Å². The third-order valence-corrected chi connectivity index (χ3v) is 4.14. The molecule has 0 aromatic carbocycles. The molecule has 1 aromatic rings. The molecule has 2 rings (SSSR count). The van der Waals surface area contributed by atoms with E-state index in [-0.39, 0.29) is 0 Å². The zero-order chi connectivity index (χ0) is 12.1. The monoisotopic (exact) mass is 318 g/mol. The first kappa shape index (κ1) is 13.2. The van der Waals surface area contributed by atoms with Crippen LogP contribution < -0.4 is 4.90 Å². The van der Waals surface area contributed by atoms with E-state index >= 15 is 0 Å². The SMILES string of the molecule is CCCc1nsc(N2CCN(CCBr)CC2)n1. The highest BCUT2D eigenvalue weighted by molar-refractivity contribution is 9.09. The van der Waals surface area contributed by atoms with E-state index in [1.807, 2.05) is 0 Å². The summed E-state index contributed by atoms with van der Waals surface area (Å²) >= 11 is 5.04. The maximum absolute atomic E-state index is 4.60. The van der Waals surface area contributed by atoms with Crippen molar-refractivity contribution < 1.29 is 0 Å². The normalized spacial score (nSPS) is 17.6. The molecule has 0 amide bonds. The number of aryl methyl sites for hydroxylation is 1. The van der Waals surface area contributed by atoms with Gasteiger partial charge in [-0.15, -0.1) is 0 Å². The second kappa shape index (κ2) is 6.66. The molecule has 1 saturated heterocycles. The zero-order valence-corrected chi connectivity index (χ0v) is 12.6. The van der Waals surface area contributed by atoms with Crippen molar-refractivity contribution in [3.63, 3.8) is 0 Å². The Hall–Kier alpha value is -0.200. The van der Waals surface area contributed by atoms with E-state index in [0.29, 0.717) is 0 Å². The predicted molar refractivity (Wildman–Crippen MR) is 76.4 cm³/mol. The molecule has 4 nitrogen and oxygen atoms in total. The molecule has 0 aliphatic carbocycles. The third-order valence-electron chi connectivity index (χ3n) is 2.97. The van der Waals surface area contributed by atoms with Gasteiger partial charge in [0, 0.05) is 56.0 Å². The fraction of sp³-hybridized carbons (Fsp3) is 0.818. The molecule has 6 heteroatoms. The van der Waals surface area contributed by atoms with Crippen molar-refractivity contribution >= 4 is 32.6 Å². The third kappa shape index (κ3) is 3.63. The van der Waals surface area contributed by atoms with Crippen LogP contribution in [0.15, 0.2) is 0 Å². The fourth-order valence-electron chi connectivity index (χ4n) is 1.98. The summed E-state index contributed by atoms with van der Waals surface area (Å²) in [5.41, 5.74) is 0. The van der Waals surface area contributed by atoms with E-state index in [2.05, 4.69) is 42.0 Å². The fourth-order valence-corrected chi connectivity index (χ4v) is 3.25. The summed E-state index contributed by atoms with van der Waals surface area (Å²) in [6, 6.07) is 0. The minimum atomic E-state index is 1.00. The second-order valence-corrected chi connectivity index (χ2v) is 5.78. The van der Waals surface area contributed by atoms with Gasteiger partial charge in [-0.25, -0.2) is 4.98 Å². The predicted octanol–water partition coefficient (Wildman–Crippen LogP) is 2.01. The Morgan fingerprint density at radius 3 is 2.71 bits per heavy atom. The number of halogens is 1. The number of hydrogen-bond donors (Lipinski definition) is 0. The molecule has 0 bridgehead atoms. The molecule has 0 N–H and O–H groups in total. The quantitative estimate of drug-likeness (QED) is 0.777. The Morgan fingerprint density at radius 1 is 1.29 bits per heavy atom. The van der Waals surface area contributed by atoms with Gasteiger partial charge in [0.15, 0.2) is 0 Å². The van der Waals surface area contributed by atoms with Crippen molar-refractivity contribution in [2.24, 2.45) is 0 Å². The zero-order valence-electron chi connectivity index (χ0n) is 10.2. The van der Waals surface area contributed by atoms with Crippen LogP contribution in [0.3, 0.4) is 0 Å². The van der Waals surface area contributed by atoms with Gasteiger partial charge in [-0.05, 0) is 6.42 Å². The van der Waals surface area contributed by atoms with Gasteiger partial charge in [0.1, 0.15) is 5.82 Å². The van der Waals surface area contributed by atoms with E-state index in [1.165, 1.54) is 0 Å². The maximum Gasteiger partial charge on any atom is 0.205 e. The van der Waals surface area contributed by atoms with Crippen LogP contribution >= 0.6 is 27.5 Å². The van der Waals surface area contributed by atoms with E-state index in [0.717, 1.165) is 61.9 Å². The highest BCUT2D eigenvalue weighted by Crippen LogP contribution is 2.19. The lowest BCUT2D eigenvalue weighted by Gasteiger charge is -2.33. The van der Waals surface area contributed by atoms with Crippen LogP contribution in [0.4, 0.5) is 5.13 Å². The lowest BCUT2D eigenvalue weighted by Crippen LogP contribution is -2.46. The van der Waals surface area contributed by atoms with Crippen LogP contribution in [0, 0.1) is 0 Å². The van der Waals surface area contributed by atoms with Crippen molar-refractivity contribution in [3.8, 4) is 0 Å². The lowest BCUT2D eigenvalue weighted by molar-refractivity contribution is 0.274. The summed E-state index contributed by atoms with van der Waals surface area (Å²) in [5, 5.41) is 2.17. The second-order valence-electron chi connectivity index (χ2n) is 4.26. The number of rotatable bonds is 5. The van der Waals surface area contributed by atoms with E-state index in [1.54, 1.807) is 11.5 Å². The summed E-state index contributed by atoms with van der Waals surface area (Å²) in [4.78, 5) is 9.45. The Kier molecular flexibility index (Phi) is 5.18. The molecule has 2 heterocycles. The van der Waals surface area contributed by atoms with Crippen molar-refractivity contribution in [3.05, 3.63) is 5.82 Å². The molecule has 1 aliphatic rings. The average molecular weight is 319 g/mol. The average Bonchev–Trinajstić information content (AvgIpc) is 2.80. The summed E-state index contributed by atoms with van der Waals surface area (Å²) in [5.74, 6) is 1.01. The Balaban J connectivity index is 1.86. The molecule has 17 heavy (non-hydrogen) atoms. The van der Waals surface area contributed by atoms with Gasteiger partial charge in [-0.2, -0.15) is 4.37 Å². The molecule has 0 unspecified atom stereocenters. The van der Waals surface area contributed by atoms with Crippen LogP contribution in [0.2, 0.25) is 0 Å². The smallest absolute Gasteiger partial charge is 0.205 e. The summed E-state index contributed by atoms with van der Waals surface area (Å²) < 4.78 is 4.40. The molecular weight excluding hydrogens is 300 g/mol. The van der Waals surface area contributed by atoms with Gasteiger partial charge in [0.05, 0.1) is 0 Å². The molecule has 0 saturated carbocycles.